The summed E-state index contributed by atoms with van der Waals surface area (Å²) >= 11 is 0. The van der Waals surface area contributed by atoms with Crippen LogP contribution in [0.3, 0.4) is 0 Å². The number of hydrogen-bond donors (Lipinski definition) is 1. The molecule has 1 N–H and O–H groups in total. The number of ether oxygens (including phenoxy) is 2. The maximum Gasteiger partial charge on any atom is 0.412 e. The summed E-state index contributed by atoms with van der Waals surface area (Å²) in [5.74, 6) is -3.93. The molecule has 0 aromatic heterocycles. The Labute approximate surface area is 182 Å². The minimum Gasteiger partial charge on any atom is -0.436 e. The van der Waals surface area contributed by atoms with Crippen LogP contribution in [-0.4, -0.2) is 60.1 Å². The average molecular weight is 482 g/mol. The number of nitrogens with one attached hydrogen (secondary N) is 1. The van der Waals surface area contributed by atoms with E-state index in [0.717, 1.165) is 0 Å². The van der Waals surface area contributed by atoms with Crippen LogP contribution in [0.25, 0.3) is 0 Å². The number of halogens is 2. The second-order valence-electron chi connectivity index (χ2n) is 8.87. The van der Waals surface area contributed by atoms with Gasteiger partial charge in [0, 0.05) is 5.69 Å². The topological polar surface area (TPSA) is 100 Å². The van der Waals surface area contributed by atoms with Gasteiger partial charge in [-0.3, -0.25) is 5.32 Å². The molecule has 0 saturated carbocycles. The third kappa shape index (κ3) is 6.69. The Hall–Kier alpha value is -1.60. The highest BCUT2D eigenvalue weighted by molar-refractivity contribution is 7.86. The Kier molecular flexibility index (Phi) is 7.53. The Morgan fingerprint density at radius 2 is 1.81 bits per heavy atom. The van der Waals surface area contributed by atoms with Crippen LogP contribution in [0.5, 0.6) is 0 Å². The molecule has 1 heterocycles. The molecule has 31 heavy (non-hydrogen) atoms. The summed E-state index contributed by atoms with van der Waals surface area (Å²) in [6.45, 7) is 9.44. The third-order valence-electron chi connectivity index (χ3n) is 5.26. The summed E-state index contributed by atoms with van der Waals surface area (Å²) in [5.41, 5.74) is 0.341. The maximum atomic E-state index is 14.9. The van der Waals surface area contributed by atoms with Crippen molar-refractivity contribution in [3.05, 3.63) is 30.3 Å². The fourth-order valence-electron chi connectivity index (χ4n) is 2.52. The van der Waals surface area contributed by atoms with Gasteiger partial charge in [-0.15, -0.1) is 0 Å². The minimum atomic E-state index is -4.26. The van der Waals surface area contributed by atoms with Crippen LogP contribution in [0, 0.1) is 0 Å². The molecule has 8 nitrogen and oxygen atoms in total. The van der Waals surface area contributed by atoms with Crippen LogP contribution in [0.1, 0.15) is 20.8 Å². The molecule has 0 aliphatic carbocycles. The number of hydrogen-bond acceptors (Lipinski definition) is 7. The quantitative estimate of drug-likeness (QED) is 0.465. The van der Waals surface area contributed by atoms with E-state index in [1.165, 1.54) is 0 Å². The molecular weight excluding hydrogens is 452 g/mol. The van der Waals surface area contributed by atoms with Crippen molar-refractivity contribution in [1.29, 1.82) is 0 Å². The zero-order chi connectivity index (χ0) is 23.7. The lowest BCUT2D eigenvalue weighted by molar-refractivity contribution is -0.182. The van der Waals surface area contributed by atoms with Gasteiger partial charge in [-0.25, -0.2) is 8.98 Å². The first-order valence-electron chi connectivity index (χ1n) is 9.61. The van der Waals surface area contributed by atoms with Gasteiger partial charge in [-0.1, -0.05) is 39.0 Å². The van der Waals surface area contributed by atoms with E-state index in [1.807, 2.05) is 33.9 Å². The molecule has 1 amide bonds. The zero-order valence-electron chi connectivity index (χ0n) is 18.3. The lowest BCUT2D eigenvalue weighted by Gasteiger charge is -2.37. The molecule has 176 valence electrons. The second kappa shape index (κ2) is 9.10. The van der Waals surface area contributed by atoms with E-state index in [2.05, 4.69) is 9.50 Å². The van der Waals surface area contributed by atoms with Crippen molar-refractivity contribution >= 4 is 30.2 Å². The number of para-hydroxylation sites is 1. The fraction of sp³-hybridized carbons (Fsp3) is 0.632. The normalized spacial score (nSPS) is 24.1. The summed E-state index contributed by atoms with van der Waals surface area (Å²) in [5, 5.41) is 2.14. The van der Waals surface area contributed by atoms with Crippen molar-refractivity contribution < 1.29 is 40.1 Å². The molecule has 0 bridgehead atoms. The maximum absolute atomic E-state index is 14.9. The lowest BCUT2D eigenvalue weighted by atomic mass is 10.1. The fourth-order valence-corrected chi connectivity index (χ4v) is 4.03. The van der Waals surface area contributed by atoms with Gasteiger partial charge < -0.3 is 13.9 Å². The molecule has 1 aliphatic rings. The Bertz CT molecular complexity index is 875. The minimum absolute atomic E-state index is 0.210. The molecule has 12 heteroatoms. The van der Waals surface area contributed by atoms with E-state index in [0.29, 0.717) is 11.9 Å². The Morgan fingerprint density at radius 3 is 2.32 bits per heavy atom. The predicted molar refractivity (Wildman–Crippen MR) is 113 cm³/mol. The van der Waals surface area contributed by atoms with E-state index in [1.54, 1.807) is 30.3 Å². The standard InChI is InChI=1S/C19H29F2NO7SSi/c1-18(2,3)31(5,6)26-12-14-15(19(20,21)16(27-14)29-30(4,24)25)28-17(23)22-13-10-8-7-9-11-13/h7-11,14-16H,12H2,1-6H3,(H,22,23). The number of carbonyl (C=O) groups excluding carboxylic acids is 1. The number of amides is 1. The SMILES string of the molecule is CC(C)(C)[Si](C)(C)OCC1OC(OS(C)(=O)=O)C(F)(F)C1OC(=O)Nc1ccccc1. The van der Waals surface area contributed by atoms with Crippen molar-refractivity contribution in [1.82, 2.24) is 0 Å². The van der Waals surface area contributed by atoms with Gasteiger partial charge in [-0.2, -0.15) is 17.2 Å². The highest BCUT2D eigenvalue weighted by Crippen LogP contribution is 2.42. The smallest absolute Gasteiger partial charge is 0.412 e. The van der Waals surface area contributed by atoms with Crippen molar-refractivity contribution in [2.45, 2.75) is 63.3 Å². The van der Waals surface area contributed by atoms with Crippen LogP contribution >= 0.6 is 0 Å². The van der Waals surface area contributed by atoms with Crippen molar-refractivity contribution in [2.75, 3.05) is 18.2 Å². The summed E-state index contributed by atoms with van der Waals surface area (Å²) in [6, 6.07) is 8.12. The van der Waals surface area contributed by atoms with Gasteiger partial charge >= 0.3 is 12.0 Å². The van der Waals surface area contributed by atoms with Gasteiger partial charge in [0.1, 0.15) is 6.10 Å². The van der Waals surface area contributed by atoms with Crippen LogP contribution in [0.15, 0.2) is 30.3 Å². The molecule has 1 aromatic rings. The molecule has 2 rings (SSSR count). The Morgan fingerprint density at radius 1 is 1.23 bits per heavy atom. The van der Waals surface area contributed by atoms with Crippen LogP contribution in [0.2, 0.25) is 18.1 Å². The summed E-state index contributed by atoms with van der Waals surface area (Å²) < 4.78 is 73.2. The van der Waals surface area contributed by atoms with Gasteiger partial charge in [0.05, 0.1) is 12.9 Å². The van der Waals surface area contributed by atoms with E-state index < -0.39 is 48.9 Å². The van der Waals surface area contributed by atoms with Crippen LogP contribution in [0.4, 0.5) is 19.3 Å². The monoisotopic (exact) mass is 481 g/mol. The molecule has 3 unspecified atom stereocenters. The average Bonchev–Trinajstić information content (AvgIpc) is 2.82. The molecule has 0 spiro atoms. The van der Waals surface area contributed by atoms with Crippen molar-refractivity contribution in [2.24, 2.45) is 0 Å². The summed E-state index contributed by atoms with van der Waals surface area (Å²) in [6.07, 6.45) is -6.50. The predicted octanol–water partition coefficient (Wildman–Crippen LogP) is 3.96. The largest absolute Gasteiger partial charge is 0.436 e. The molecule has 0 radical (unpaired) electrons. The van der Waals surface area contributed by atoms with Gasteiger partial charge in [-0.05, 0) is 30.3 Å². The zero-order valence-corrected chi connectivity index (χ0v) is 20.2. The number of carbonyl (C=O) groups is 1. The van der Waals surface area contributed by atoms with Gasteiger partial charge in [0.15, 0.2) is 8.32 Å². The molecule has 3 atom stereocenters. The molecule has 1 fully saturated rings. The van der Waals surface area contributed by atoms with E-state index in [-0.39, 0.29) is 11.6 Å². The first kappa shape index (κ1) is 25.7. The van der Waals surface area contributed by atoms with Crippen molar-refractivity contribution in [3.63, 3.8) is 0 Å². The number of anilines is 1. The van der Waals surface area contributed by atoms with E-state index >= 15 is 0 Å². The summed E-state index contributed by atoms with van der Waals surface area (Å²) in [7, 11) is -6.62. The van der Waals surface area contributed by atoms with E-state index in [4.69, 9.17) is 13.9 Å². The Balaban J connectivity index is 2.21. The highest BCUT2D eigenvalue weighted by Gasteiger charge is 2.63. The van der Waals surface area contributed by atoms with Gasteiger partial charge in [0.2, 0.25) is 12.4 Å². The third-order valence-corrected chi connectivity index (χ3v) is 10.3. The molecule has 1 aromatic carbocycles. The first-order valence-corrected chi connectivity index (χ1v) is 14.3. The lowest BCUT2D eigenvalue weighted by Crippen LogP contribution is -2.48. The van der Waals surface area contributed by atoms with E-state index in [9.17, 15) is 22.0 Å². The summed E-state index contributed by atoms with van der Waals surface area (Å²) in [4.78, 5) is 12.2. The van der Waals surface area contributed by atoms with Crippen LogP contribution < -0.4 is 5.32 Å². The van der Waals surface area contributed by atoms with Crippen molar-refractivity contribution in [3.8, 4) is 0 Å². The number of alkyl halides is 2. The highest BCUT2D eigenvalue weighted by atomic mass is 32.2. The first-order chi connectivity index (χ1) is 14.0. The van der Waals surface area contributed by atoms with Gasteiger partial charge in [0.25, 0.3) is 10.1 Å². The second-order valence-corrected chi connectivity index (χ2v) is 15.3. The molecule has 1 saturated heterocycles. The molecule has 1 aliphatic heterocycles. The molecular formula is C19H29F2NO7SSi. The number of benzene rings is 1. The van der Waals surface area contributed by atoms with Crippen LogP contribution in [-0.2, 0) is 28.2 Å². The number of rotatable bonds is 7.